The summed E-state index contributed by atoms with van der Waals surface area (Å²) >= 11 is 0. The van der Waals surface area contributed by atoms with Crippen LogP contribution in [0.25, 0.3) is 0 Å². The molecular formula is C23H33N3O3. The predicted octanol–water partition coefficient (Wildman–Crippen LogP) is 3.74. The Balaban J connectivity index is 1.23. The average Bonchev–Trinajstić information content (AvgIpc) is 3.21. The molecule has 29 heavy (non-hydrogen) atoms. The molecular weight excluding hydrogens is 366 g/mol. The number of hydrogen-bond donors (Lipinski definition) is 0. The average molecular weight is 400 g/mol. The Morgan fingerprint density at radius 2 is 2.10 bits per heavy atom. The van der Waals surface area contributed by atoms with Crippen LogP contribution in [-0.2, 0) is 22.4 Å². The quantitative estimate of drug-likeness (QED) is 0.630. The van der Waals surface area contributed by atoms with Crippen molar-refractivity contribution in [1.29, 1.82) is 0 Å². The van der Waals surface area contributed by atoms with Crippen LogP contribution in [0, 0.1) is 12.8 Å². The smallest absolute Gasteiger partial charge is 0.231 e. The van der Waals surface area contributed by atoms with Crippen molar-refractivity contribution in [3.63, 3.8) is 0 Å². The van der Waals surface area contributed by atoms with Crippen LogP contribution >= 0.6 is 0 Å². The van der Waals surface area contributed by atoms with Crippen molar-refractivity contribution < 1.29 is 14.0 Å². The Hall–Kier alpha value is -1.76. The summed E-state index contributed by atoms with van der Waals surface area (Å²) in [4.78, 5) is 7.17. The van der Waals surface area contributed by atoms with Gasteiger partial charge in [0.1, 0.15) is 0 Å². The lowest BCUT2D eigenvalue weighted by atomic mass is 9.97. The maximum absolute atomic E-state index is 5.84. The van der Waals surface area contributed by atoms with Gasteiger partial charge in [0.05, 0.1) is 12.5 Å². The first-order chi connectivity index (χ1) is 14.3. The number of ether oxygens (including phenoxy) is 2. The van der Waals surface area contributed by atoms with E-state index in [1.807, 2.05) is 0 Å². The number of benzene rings is 1. The summed E-state index contributed by atoms with van der Waals surface area (Å²) in [6.07, 6.45) is 5.21. The van der Waals surface area contributed by atoms with Crippen molar-refractivity contribution in [3.05, 3.63) is 47.1 Å². The minimum atomic E-state index is 0.331. The van der Waals surface area contributed by atoms with E-state index < -0.39 is 0 Å². The number of hydrogen-bond acceptors (Lipinski definition) is 6. The highest BCUT2D eigenvalue weighted by atomic mass is 16.5. The van der Waals surface area contributed by atoms with Gasteiger partial charge in [-0.25, -0.2) is 0 Å². The van der Waals surface area contributed by atoms with Crippen LogP contribution in [0.3, 0.4) is 0 Å². The van der Waals surface area contributed by atoms with E-state index in [1.165, 1.54) is 17.5 Å². The number of rotatable bonds is 8. The van der Waals surface area contributed by atoms with Crippen molar-refractivity contribution in [2.24, 2.45) is 5.92 Å². The van der Waals surface area contributed by atoms with Gasteiger partial charge in [0.15, 0.2) is 5.82 Å². The summed E-state index contributed by atoms with van der Waals surface area (Å²) < 4.78 is 16.8. The molecule has 0 aliphatic carbocycles. The summed E-state index contributed by atoms with van der Waals surface area (Å²) in [5, 5.41) is 4.19. The molecule has 2 saturated heterocycles. The summed E-state index contributed by atoms with van der Waals surface area (Å²) in [7, 11) is 0. The largest absolute Gasteiger partial charge is 0.381 e. The third kappa shape index (κ3) is 6.11. The Bertz CT molecular complexity index is 757. The number of aryl methyl sites for hydroxylation is 1. The molecule has 6 nitrogen and oxygen atoms in total. The Labute approximate surface area is 173 Å². The maximum Gasteiger partial charge on any atom is 0.231 e. The molecule has 0 bridgehead atoms. The van der Waals surface area contributed by atoms with Gasteiger partial charge < -0.3 is 14.0 Å². The molecule has 1 unspecified atom stereocenters. The van der Waals surface area contributed by atoms with Crippen molar-refractivity contribution >= 4 is 0 Å². The van der Waals surface area contributed by atoms with Gasteiger partial charge in [0.2, 0.25) is 5.89 Å². The van der Waals surface area contributed by atoms with Crippen LogP contribution in [-0.4, -0.2) is 54.6 Å². The first kappa shape index (κ1) is 20.5. The van der Waals surface area contributed by atoms with Crippen LogP contribution in [0.5, 0.6) is 0 Å². The molecule has 2 aliphatic heterocycles. The molecule has 0 spiro atoms. The first-order valence-electron chi connectivity index (χ1n) is 11.0. The molecule has 2 aliphatic rings. The highest BCUT2D eigenvalue weighted by molar-refractivity contribution is 5.22. The van der Waals surface area contributed by atoms with Gasteiger partial charge in [0.25, 0.3) is 0 Å². The van der Waals surface area contributed by atoms with Gasteiger partial charge in [-0.2, -0.15) is 4.98 Å². The zero-order valence-electron chi connectivity index (χ0n) is 17.5. The van der Waals surface area contributed by atoms with Crippen molar-refractivity contribution in [2.75, 3.05) is 39.5 Å². The molecule has 0 amide bonds. The SMILES string of the molecule is Cc1cccc(CN2CCCC(c3nc(CCOCC4CCOCC4)no3)C2)c1. The van der Waals surface area contributed by atoms with E-state index in [4.69, 9.17) is 14.0 Å². The topological polar surface area (TPSA) is 60.6 Å². The second-order valence-electron chi connectivity index (χ2n) is 8.49. The first-order valence-corrected chi connectivity index (χ1v) is 11.0. The fourth-order valence-corrected chi connectivity index (χ4v) is 4.33. The van der Waals surface area contributed by atoms with Gasteiger partial charge >= 0.3 is 0 Å². The van der Waals surface area contributed by atoms with Gasteiger partial charge in [-0.15, -0.1) is 0 Å². The molecule has 1 aromatic carbocycles. The van der Waals surface area contributed by atoms with Crippen LogP contribution < -0.4 is 0 Å². The van der Waals surface area contributed by atoms with E-state index >= 15 is 0 Å². The highest BCUT2D eigenvalue weighted by Gasteiger charge is 2.26. The highest BCUT2D eigenvalue weighted by Crippen LogP contribution is 2.27. The number of likely N-dealkylation sites (tertiary alicyclic amines) is 1. The Morgan fingerprint density at radius 1 is 1.21 bits per heavy atom. The summed E-state index contributed by atoms with van der Waals surface area (Å²) in [6, 6.07) is 8.77. The van der Waals surface area contributed by atoms with Gasteiger partial charge in [0, 0.05) is 39.3 Å². The molecule has 2 aromatic rings. The normalized spacial score (nSPS) is 21.5. The monoisotopic (exact) mass is 399 g/mol. The van der Waals surface area contributed by atoms with E-state index in [0.717, 1.165) is 70.4 Å². The van der Waals surface area contributed by atoms with E-state index in [-0.39, 0.29) is 0 Å². The van der Waals surface area contributed by atoms with Gasteiger partial charge in [-0.05, 0) is 50.6 Å². The van der Waals surface area contributed by atoms with E-state index in [1.54, 1.807) is 0 Å². The fraction of sp³-hybridized carbons (Fsp3) is 0.652. The number of piperidine rings is 1. The predicted molar refractivity (Wildman–Crippen MR) is 111 cm³/mol. The van der Waals surface area contributed by atoms with Crippen molar-refractivity contribution in [2.45, 2.75) is 51.5 Å². The second kappa shape index (κ2) is 10.3. The summed E-state index contributed by atoms with van der Waals surface area (Å²) in [5.41, 5.74) is 2.69. The van der Waals surface area contributed by atoms with E-state index in [2.05, 4.69) is 46.2 Å². The Morgan fingerprint density at radius 3 is 2.97 bits per heavy atom. The molecule has 0 saturated carbocycles. The van der Waals surface area contributed by atoms with E-state index in [9.17, 15) is 0 Å². The summed E-state index contributed by atoms with van der Waals surface area (Å²) in [5.74, 6) is 2.52. The zero-order valence-corrected chi connectivity index (χ0v) is 17.5. The van der Waals surface area contributed by atoms with E-state index in [0.29, 0.717) is 24.9 Å². The minimum Gasteiger partial charge on any atom is -0.381 e. The second-order valence-corrected chi connectivity index (χ2v) is 8.49. The molecule has 1 aromatic heterocycles. The number of nitrogens with zero attached hydrogens (tertiary/aromatic N) is 3. The molecule has 2 fully saturated rings. The lowest BCUT2D eigenvalue weighted by Gasteiger charge is -2.31. The van der Waals surface area contributed by atoms with Crippen molar-refractivity contribution in [3.8, 4) is 0 Å². The van der Waals surface area contributed by atoms with Crippen LogP contribution in [0.2, 0.25) is 0 Å². The zero-order chi connectivity index (χ0) is 19.9. The molecule has 6 heteroatoms. The van der Waals surface area contributed by atoms with Gasteiger partial charge in [-0.3, -0.25) is 4.90 Å². The third-order valence-electron chi connectivity index (χ3n) is 5.99. The lowest BCUT2D eigenvalue weighted by Crippen LogP contribution is -2.34. The number of aromatic nitrogens is 2. The molecule has 0 N–H and O–H groups in total. The van der Waals surface area contributed by atoms with Crippen LogP contribution in [0.4, 0.5) is 0 Å². The summed E-state index contributed by atoms with van der Waals surface area (Å²) in [6.45, 7) is 8.44. The minimum absolute atomic E-state index is 0.331. The standard InChI is InChI=1S/C23H33N3O3/c1-18-4-2-5-20(14-18)15-26-10-3-6-21(16-26)23-24-22(25-29-23)9-13-28-17-19-7-11-27-12-8-19/h2,4-5,14,19,21H,3,6-13,15-17H2,1H3. The molecule has 4 rings (SSSR count). The van der Waals surface area contributed by atoms with Crippen LogP contribution in [0.1, 0.15) is 54.4 Å². The third-order valence-corrected chi connectivity index (χ3v) is 5.99. The van der Waals surface area contributed by atoms with Crippen molar-refractivity contribution in [1.82, 2.24) is 15.0 Å². The van der Waals surface area contributed by atoms with Crippen LogP contribution in [0.15, 0.2) is 28.8 Å². The molecule has 1 atom stereocenters. The maximum atomic E-state index is 5.84. The Kier molecular flexibility index (Phi) is 7.30. The van der Waals surface area contributed by atoms with Gasteiger partial charge in [-0.1, -0.05) is 35.0 Å². The molecule has 3 heterocycles. The fourth-order valence-electron chi connectivity index (χ4n) is 4.33. The molecule has 0 radical (unpaired) electrons. The molecule has 158 valence electrons. The lowest BCUT2D eigenvalue weighted by molar-refractivity contribution is 0.0211.